The van der Waals surface area contributed by atoms with Crippen molar-refractivity contribution in [3.05, 3.63) is 24.0 Å². The third-order valence-corrected chi connectivity index (χ3v) is 2.64. The van der Waals surface area contributed by atoms with E-state index in [9.17, 15) is 4.39 Å². The number of anilines is 1. The van der Waals surface area contributed by atoms with Crippen LogP contribution in [-0.4, -0.2) is 26.4 Å². The van der Waals surface area contributed by atoms with Gasteiger partial charge in [0.2, 0.25) is 0 Å². The van der Waals surface area contributed by atoms with E-state index in [1.54, 1.807) is 6.07 Å². The highest BCUT2D eigenvalue weighted by Crippen LogP contribution is 2.21. The smallest absolute Gasteiger partial charge is 0.128 e. The van der Waals surface area contributed by atoms with Gasteiger partial charge in [0.25, 0.3) is 0 Å². The Morgan fingerprint density at radius 2 is 2.31 bits per heavy atom. The van der Waals surface area contributed by atoms with Crippen LogP contribution in [0, 0.1) is 5.82 Å². The molecule has 1 aliphatic heterocycles. The molecule has 1 N–H and O–H groups in total. The third kappa shape index (κ3) is 2.85. The molecule has 3 nitrogen and oxygen atoms in total. The maximum absolute atomic E-state index is 13.2. The molecule has 1 fully saturated rings. The summed E-state index contributed by atoms with van der Waals surface area (Å²) >= 11 is 0. The molecular formula is C12H16FNO2. The van der Waals surface area contributed by atoms with E-state index in [1.807, 2.05) is 0 Å². The van der Waals surface area contributed by atoms with Crippen molar-refractivity contribution >= 4 is 5.69 Å². The average molecular weight is 225 g/mol. The number of nitrogens with one attached hydrogen (secondary N) is 1. The molecule has 1 aromatic carbocycles. The van der Waals surface area contributed by atoms with Gasteiger partial charge in [-0.2, -0.15) is 0 Å². The molecule has 0 aliphatic carbocycles. The van der Waals surface area contributed by atoms with E-state index in [2.05, 4.69) is 5.32 Å². The van der Waals surface area contributed by atoms with Crippen molar-refractivity contribution < 1.29 is 13.9 Å². The second-order valence-electron chi connectivity index (χ2n) is 3.94. The first kappa shape index (κ1) is 11.2. The van der Waals surface area contributed by atoms with E-state index in [4.69, 9.17) is 9.47 Å². The van der Waals surface area contributed by atoms with Gasteiger partial charge in [0.05, 0.1) is 13.7 Å². The van der Waals surface area contributed by atoms with E-state index < -0.39 is 0 Å². The van der Waals surface area contributed by atoms with E-state index in [-0.39, 0.29) is 11.9 Å². The number of halogens is 1. The molecule has 1 saturated heterocycles. The fourth-order valence-corrected chi connectivity index (χ4v) is 1.85. The minimum atomic E-state index is -0.293. The van der Waals surface area contributed by atoms with Gasteiger partial charge in [-0.05, 0) is 18.9 Å². The summed E-state index contributed by atoms with van der Waals surface area (Å²) in [6.07, 6.45) is 2.10. The highest BCUT2D eigenvalue weighted by atomic mass is 19.1. The Labute approximate surface area is 94.6 Å². The third-order valence-electron chi connectivity index (χ3n) is 2.64. The number of hydrogen-bond acceptors (Lipinski definition) is 3. The normalized spacial score (nSPS) is 20.5. The van der Waals surface area contributed by atoms with Crippen LogP contribution in [0.5, 0.6) is 5.75 Å². The monoisotopic (exact) mass is 225 g/mol. The van der Waals surface area contributed by atoms with Gasteiger partial charge in [0, 0.05) is 30.5 Å². The van der Waals surface area contributed by atoms with E-state index in [1.165, 1.54) is 19.2 Å². The van der Waals surface area contributed by atoms with Crippen LogP contribution in [0.15, 0.2) is 18.2 Å². The van der Waals surface area contributed by atoms with Crippen LogP contribution in [0.4, 0.5) is 10.1 Å². The van der Waals surface area contributed by atoms with Gasteiger partial charge in [-0.25, -0.2) is 4.39 Å². The molecule has 0 saturated carbocycles. The zero-order valence-electron chi connectivity index (χ0n) is 9.33. The predicted molar refractivity (Wildman–Crippen MR) is 60.4 cm³/mol. The minimum absolute atomic E-state index is 0.264. The van der Waals surface area contributed by atoms with Crippen LogP contribution in [0.25, 0.3) is 0 Å². The Kier molecular flexibility index (Phi) is 3.62. The van der Waals surface area contributed by atoms with Crippen molar-refractivity contribution in [3.8, 4) is 5.75 Å². The number of benzene rings is 1. The van der Waals surface area contributed by atoms with Gasteiger partial charge in [-0.1, -0.05) is 0 Å². The Balaban J connectivity index is 2.04. The van der Waals surface area contributed by atoms with Gasteiger partial charge in [0.15, 0.2) is 0 Å². The van der Waals surface area contributed by atoms with Crippen molar-refractivity contribution in [1.29, 1.82) is 0 Å². The molecule has 4 heteroatoms. The maximum Gasteiger partial charge on any atom is 0.128 e. The summed E-state index contributed by atoms with van der Waals surface area (Å²) in [5, 5.41) is 3.25. The molecule has 16 heavy (non-hydrogen) atoms. The molecule has 0 radical (unpaired) electrons. The molecule has 88 valence electrons. The second-order valence-corrected chi connectivity index (χ2v) is 3.94. The molecule has 1 atom stereocenters. The number of rotatable bonds is 3. The van der Waals surface area contributed by atoms with Crippen molar-refractivity contribution in [2.24, 2.45) is 0 Å². The molecule has 2 rings (SSSR count). The summed E-state index contributed by atoms with van der Waals surface area (Å²) in [5.74, 6) is 0.234. The van der Waals surface area contributed by atoms with Crippen LogP contribution in [-0.2, 0) is 4.74 Å². The van der Waals surface area contributed by atoms with Crippen LogP contribution < -0.4 is 10.1 Å². The average Bonchev–Trinajstić information content (AvgIpc) is 2.29. The fraction of sp³-hybridized carbons (Fsp3) is 0.500. The number of methoxy groups -OCH3 is 1. The standard InChI is InChI=1S/C12H16FNO2/c1-15-12-6-9(13)5-11(7-12)14-10-3-2-4-16-8-10/h5-7,10,14H,2-4,8H2,1H3. The highest BCUT2D eigenvalue weighted by molar-refractivity contribution is 5.49. The van der Waals surface area contributed by atoms with Crippen molar-refractivity contribution in [2.75, 3.05) is 25.6 Å². The Hall–Kier alpha value is -1.29. The van der Waals surface area contributed by atoms with E-state index >= 15 is 0 Å². The summed E-state index contributed by atoms with van der Waals surface area (Å²) in [7, 11) is 1.53. The fourth-order valence-electron chi connectivity index (χ4n) is 1.85. The van der Waals surface area contributed by atoms with Crippen LogP contribution in [0.2, 0.25) is 0 Å². The summed E-state index contributed by atoms with van der Waals surface area (Å²) in [6, 6.07) is 4.89. The maximum atomic E-state index is 13.2. The van der Waals surface area contributed by atoms with Gasteiger partial charge in [-0.3, -0.25) is 0 Å². The zero-order valence-corrected chi connectivity index (χ0v) is 9.33. The molecule has 1 unspecified atom stereocenters. The Morgan fingerprint density at radius 1 is 1.44 bits per heavy atom. The number of hydrogen-bond donors (Lipinski definition) is 1. The molecule has 0 aromatic heterocycles. The minimum Gasteiger partial charge on any atom is -0.497 e. The second kappa shape index (κ2) is 5.16. The first-order valence-corrected chi connectivity index (χ1v) is 5.47. The van der Waals surface area contributed by atoms with Crippen LogP contribution in [0.1, 0.15) is 12.8 Å². The zero-order chi connectivity index (χ0) is 11.4. The van der Waals surface area contributed by atoms with E-state index in [0.717, 1.165) is 25.1 Å². The van der Waals surface area contributed by atoms with Gasteiger partial charge in [-0.15, -0.1) is 0 Å². The summed E-state index contributed by atoms with van der Waals surface area (Å²) < 4.78 is 23.6. The lowest BCUT2D eigenvalue weighted by Crippen LogP contribution is -2.29. The molecule has 1 aromatic rings. The predicted octanol–water partition coefficient (Wildman–Crippen LogP) is 2.43. The first-order chi connectivity index (χ1) is 7.78. The van der Waals surface area contributed by atoms with Crippen molar-refractivity contribution in [1.82, 2.24) is 0 Å². The topological polar surface area (TPSA) is 30.5 Å². The molecule has 0 bridgehead atoms. The lowest BCUT2D eigenvalue weighted by molar-refractivity contribution is 0.0876. The Morgan fingerprint density at radius 3 is 3.00 bits per heavy atom. The van der Waals surface area contributed by atoms with Crippen LogP contribution in [0.3, 0.4) is 0 Å². The highest BCUT2D eigenvalue weighted by Gasteiger charge is 2.14. The molecular weight excluding hydrogens is 209 g/mol. The summed E-state index contributed by atoms with van der Waals surface area (Å²) in [5.41, 5.74) is 0.743. The quantitative estimate of drug-likeness (QED) is 0.857. The van der Waals surface area contributed by atoms with Crippen molar-refractivity contribution in [2.45, 2.75) is 18.9 Å². The summed E-state index contributed by atoms with van der Waals surface area (Å²) in [4.78, 5) is 0. The molecule has 0 spiro atoms. The Bertz CT molecular complexity index is 351. The van der Waals surface area contributed by atoms with Gasteiger partial charge >= 0.3 is 0 Å². The summed E-state index contributed by atoms with van der Waals surface area (Å²) in [6.45, 7) is 1.50. The van der Waals surface area contributed by atoms with Crippen molar-refractivity contribution in [3.63, 3.8) is 0 Å². The lowest BCUT2D eigenvalue weighted by Gasteiger charge is -2.24. The molecule has 0 amide bonds. The van der Waals surface area contributed by atoms with Gasteiger partial charge in [0.1, 0.15) is 11.6 Å². The van der Waals surface area contributed by atoms with Gasteiger partial charge < -0.3 is 14.8 Å². The largest absolute Gasteiger partial charge is 0.497 e. The molecule has 1 heterocycles. The molecule has 1 aliphatic rings. The SMILES string of the molecule is COc1cc(F)cc(NC2CCCOC2)c1. The lowest BCUT2D eigenvalue weighted by atomic mass is 10.1. The van der Waals surface area contributed by atoms with E-state index in [0.29, 0.717) is 12.4 Å². The number of ether oxygens (including phenoxy) is 2. The van der Waals surface area contributed by atoms with Crippen LogP contribution >= 0.6 is 0 Å². The first-order valence-electron chi connectivity index (χ1n) is 5.47.